The molecule has 0 radical (unpaired) electrons. The van der Waals surface area contributed by atoms with E-state index in [0.29, 0.717) is 34.7 Å². The fourth-order valence-corrected chi connectivity index (χ4v) is 4.54. The normalized spacial score (nSPS) is 26.3. The van der Waals surface area contributed by atoms with E-state index in [-0.39, 0.29) is 11.8 Å². The minimum atomic E-state index is -0.512. The molecule has 4 atom stereocenters. The van der Waals surface area contributed by atoms with Gasteiger partial charge in [-0.15, -0.1) is 0 Å². The average Bonchev–Trinajstić information content (AvgIpc) is 3.10. The predicted molar refractivity (Wildman–Crippen MR) is 108 cm³/mol. The van der Waals surface area contributed by atoms with Crippen molar-refractivity contribution < 1.29 is 19.1 Å². The van der Waals surface area contributed by atoms with E-state index in [1.807, 2.05) is 6.07 Å². The molecule has 29 heavy (non-hydrogen) atoms. The molecule has 1 aliphatic heterocycles. The van der Waals surface area contributed by atoms with Gasteiger partial charge in [0.15, 0.2) is 5.69 Å². The lowest BCUT2D eigenvalue weighted by Gasteiger charge is -2.36. The lowest BCUT2D eigenvalue weighted by atomic mass is 9.75. The SMILES string of the molecule is CC(C)[C@@H]1CC[C@@H](C)C[C@H]1OC(=O)c1cc2n(n1)-c1ccccc1C(=O)O[C@@H]2C. The van der Waals surface area contributed by atoms with Gasteiger partial charge in [-0.25, -0.2) is 14.3 Å². The van der Waals surface area contributed by atoms with E-state index in [1.54, 1.807) is 35.9 Å². The molecule has 0 bridgehead atoms. The van der Waals surface area contributed by atoms with E-state index in [1.165, 1.54) is 6.42 Å². The summed E-state index contributed by atoms with van der Waals surface area (Å²) in [5, 5.41) is 4.50. The number of nitrogens with zero attached hydrogens (tertiary/aromatic N) is 2. The van der Waals surface area contributed by atoms with Crippen molar-refractivity contribution in [2.24, 2.45) is 17.8 Å². The van der Waals surface area contributed by atoms with Gasteiger partial charge in [0.1, 0.15) is 12.2 Å². The summed E-state index contributed by atoms with van der Waals surface area (Å²) in [6.07, 6.45) is 2.54. The van der Waals surface area contributed by atoms with Crippen LogP contribution in [0.4, 0.5) is 0 Å². The third-order valence-corrected chi connectivity index (χ3v) is 6.22. The van der Waals surface area contributed by atoms with Gasteiger partial charge < -0.3 is 9.47 Å². The maximum Gasteiger partial charge on any atom is 0.359 e. The van der Waals surface area contributed by atoms with Crippen LogP contribution in [0.25, 0.3) is 5.69 Å². The number of cyclic esters (lactones) is 1. The van der Waals surface area contributed by atoms with Crippen molar-refractivity contribution in [3.05, 3.63) is 47.3 Å². The van der Waals surface area contributed by atoms with E-state index in [2.05, 4.69) is 25.9 Å². The van der Waals surface area contributed by atoms with Crippen molar-refractivity contribution in [3.8, 4) is 5.69 Å². The third kappa shape index (κ3) is 3.68. The van der Waals surface area contributed by atoms with Crippen LogP contribution in [0.15, 0.2) is 30.3 Å². The van der Waals surface area contributed by atoms with Gasteiger partial charge in [0.05, 0.1) is 16.9 Å². The zero-order valence-electron chi connectivity index (χ0n) is 17.4. The molecule has 0 N–H and O–H groups in total. The molecule has 0 saturated heterocycles. The van der Waals surface area contributed by atoms with Crippen LogP contribution in [0, 0.1) is 17.8 Å². The Labute approximate surface area is 171 Å². The molecule has 2 heterocycles. The van der Waals surface area contributed by atoms with Crippen molar-refractivity contribution in [3.63, 3.8) is 0 Å². The molecule has 0 unspecified atom stereocenters. The number of ether oxygens (including phenoxy) is 2. The minimum absolute atomic E-state index is 0.0877. The van der Waals surface area contributed by atoms with Gasteiger partial charge in [-0.1, -0.05) is 39.3 Å². The largest absolute Gasteiger partial charge is 0.457 e. The van der Waals surface area contributed by atoms with E-state index in [9.17, 15) is 9.59 Å². The Bertz CT molecular complexity index is 933. The number of esters is 2. The van der Waals surface area contributed by atoms with E-state index < -0.39 is 18.0 Å². The highest BCUT2D eigenvalue weighted by Crippen LogP contribution is 2.36. The lowest BCUT2D eigenvalue weighted by Crippen LogP contribution is -2.36. The van der Waals surface area contributed by atoms with E-state index in [0.717, 1.165) is 12.8 Å². The molecule has 1 saturated carbocycles. The molecule has 1 aromatic heterocycles. The highest BCUT2D eigenvalue weighted by molar-refractivity contribution is 5.94. The van der Waals surface area contributed by atoms with Crippen LogP contribution in [-0.2, 0) is 9.47 Å². The third-order valence-electron chi connectivity index (χ3n) is 6.22. The van der Waals surface area contributed by atoms with Gasteiger partial charge in [-0.05, 0) is 55.7 Å². The molecule has 4 rings (SSSR count). The first-order valence-electron chi connectivity index (χ1n) is 10.5. The van der Waals surface area contributed by atoms with Crippen LogP contribution >= 0.6 is 0 Å². The molecule has 0 amide bonds. The Hall–Kier alpha value is -2.63. The van der Waals surface area contributed by atoms with Crippen LogP contribution in [-0.4, -0.2) is 27.8 Å². The molecule has 1 aliphatic carbocycles. The molecular weight excluding hydrogens is 368 g/mol. The Morgan fingerprint density at radius 1 is 1.24 bits per heavy atom. The molecule has 2 aromatic rings. The summed E-state index contributed by atoms with van der Waals surface area (Å²) in [6, 6.07) is 8.81. The van der Waals surface area contributed by atoms with E-state index in [4.69, 9.17) is 9.47 Å². The summed E-state index contributed by atoms with van der Waals surface area (Å²) in [5.41, 5.74) is 1.96. The number of para-hydroxylation sites is 1. The standard InChI is InChI=1S/C23H28N2O4/c1-13(2)16-10-9-14(3)11-21(16)29-23(27)18-12-20-15(4)28-22(26)17-7-5-6-8-19(17)25(20)24-18/h5-8,12-16,21H,9-11H2,1-4H3/t14-,15-,16+,21-/m1/s1. The van der Waals surface area contributed by atoms with Crippen molar-refractivity contribution in [2.45, 2.75) is 59.2 Å². The maximum absolute atomic E-state index is 13.0. The number of aromatic nitrogens is 2. The van der Waals surface area contributed by atoms with Crippen molar-refractivity contribution in [1.82, 2.24) is 9.78 Å². The smallest absolute Gasteiger partial charge is 0.359 e. The summed E-state index contributed by atoms with van der Waals surface area (Å²) in [7, 11) is 0. The van der Waals surface area contributed by atoms with E-state index >= 15 is 0 Å². The minimum Gasteiger partial charge on any atom is -0.457 e. The average molecular weight is 396 g/mol. The second-order valence-corrected chi connectivity index (χ2v) is 8.70. The number of carbonyl (C=O) groups is 2. The molecule has 2 aliphatic rings. The number of hydrogen-bond donors (Lipinski definition) is 0. The summed E-state index contributed by atoms with van der Waals surface area (Å²) in [4.78, 5) is 25.3. The number of benzene rings is 1. The Morgan fingerprint density at radius 2 is 2.00 bits per heavy atom. The number of hydrogen-bond acceptors (Lipinski definition) is 5. The van der Waals surface area contributed by atoms with Crippen LogP contribution in [0.5, 0.6) is 0 Å². The topological polar surface area (TPSA) is 70.4 Å². The summed E-state index contributed by atoms with van der Waals surface area (Å²) < 4.78 is 13.1. The summed E-state index contributed by atoms with van der Waals surface area (Å²) >= 11 is 0. The zero-order valence-corrected chi connectivity index (χ0v) is 17.4. The predicted octanol–water partition coefficient (Wildman–Crippen LogP) is 4.72. The first kappa shape index (κ1) is 19.7. The molecule has 6 nitrogen and oxygen atoms in total. The highest BCUT2D eigenvalue weighted by Gasteiger charge is 2.35. The van der Waals surface area contributed by atoms with Crippen LogP contribution in [0.2, 0.25) is 0 Å². The Kier molecular flexibility index (Phi) is 5.19. The van der Waals surface area contributed by atoms with Crippen LogP contribution < -0.4 is 0 Å². The van der Waals surface area contributed by atoms with Crippen molar-refractivity contribution in [1.29, 1.82) is 0 Å². The zero-order chi connectivity index (χ0) is 20.7. The van der Waals surface area contributed by atoms with Gasteiger partial charge >= 0.3 is 11.9 Å². The lowest BCUT2D eigenvalue weighted by molar-refractivity contribution is -0.0179. The van der Waals surface area contributed by atoms with Gasteiger partial charge in [-0.2, -0.15) is 5.10 Å². The van der Waals surface area contributed by atoms with Gasteiger partial charge in [0.25, 0.3) is 0 Å². The van der Waals surface area contributed by atoms with Crippen molar-refractivity contribution >= 4 is 11.9 Å². The molecule has 1 fully saturated rings. The molecule has 0 spiro atoms. The van der Waals surface area contributed by atoms with Gasteiger partial charge in [-0.3, -0.25) is 0 Å². The highest BCUT2D eigenvalue weighted by atomic mass is 16.5. The van der Waals surface area contributed by atoms with Gasteiger partial charge in [0, 0.05) is 0 Å². The molecule has 6 heteroatoms. The van der Waals surface area contributed by atoms with Crippen LogP contribution in [0.3, 0.4) is 0 Å². The van der Waals surface area contributed by atoms with Gasteiger partial charge in [0.2, 0.25) is 0 Å². The summed E-state index contributed by atoms with van der Waals surface area (Å²) in [5.74, 6) is 0.583. The second kappa shape index (κ2) is 7.65. The second-order valence-electron chi connectivity index (χ2n) is 8.70. The monoisotopic (exact) mass is 396 g/mol. The number of fused-ring (bicyclic) bond motifs is 3. The fraction of sp³-hybridized carbons (Fsp3) is 0.522. The number of rotatable bonds is 3. The van der Waals surface area contributed by atoms with Crippen LogP contribution in [0.1, 0.15) is 79.6 Å². The Morgan fingerprint density at radius 3 is 2.76 bits per heavy atom. The maximum atomic E-state index is 13.0. The molecule has 1 aromatic carbocycles. The first-order valence-corrected chi connectivity index (χ1v) is 10.5. The Balaban J connectivity index is 1.64. The first-order chi connectivity index (χ1) is 13.8. The quantitative estimate of drug-likeness (QED) is 0.702. The fourth-order valence-electron chi connectivity index (χ4n) is 4.54. The number of carbonyl (C=O) groups excluding carboxylic acids is 2. The molecular formula is C23H28N2O4. The molecule has 154 valence electrons. The summed E-state index contributed by atoms with van der Waals surface area (Å²) in [6.45, 7) is 8.37. The van der Waals surface area contributed by atoms with Crippen molar-refractivity contribution in [2.75, 3.05) is 0 Å².